The van der Waals surface area contributed by atoms with Crippen LogP contribution in [0.1, 0.15) is 36.0 Å². The van der Waals surface area contributed by atoms with Crippen LogP contribution in [0, 0.1) is 18.3 Å². The van der Waals surface area contributed by atoms with Crippen molar-refractivity contribution < 1.29 is 9.53 Å². The highest BCUT2D eigenvalue weighted by Crippen LogP contribution is 2.25. The number of methoxy groups -OCH3 is 1. The highest BCUT2D eigenvalue weighted by atomic mass is 16.5. The van der Waals surface area contributed by atoms with E-state index in [1.54, 1.807) is 18.2 Å². The predicted molar refractivity (Wildman–Crippen MR) is 79.5 cm³/mol. The summed E-state index contributed by atoms with van der Waals surface area (Å²) in [6, 6.07) is 5.19. The first-order valence-corrected chi connectivity index (χ1v) is 6.84. The van der Waals surface area contributed by atoms with Gasteiger partial charge in [-0.2, -0.15) is 0 Å². The van der Waals surface area contributed by atoms with Crippen LogP contribution in [0.2, 0.25) is 0 Å². The van der Waals surface area contributed by atoms with Gasteiger partial charge in [0.1, 0.15) is 5.75 Å². The molecule has 1 fully saturated rings. The lowest BCUT2D eigenvalue weighted by atomic mass is 9.86. The van der Waals surface area contributed by atoms with E-state index in [9.17, 15) is 4.79 Å². The van der Waals surface area contributed by atoms with Gasteiger partial charge in [-0.1, -0.05) is 6.42 Å². The van der Waals surface area contributed by atoms with Crippen LogP contribution >= 0.6 is 0 Å². The molecule has 0 bridgehead atoms. The second-order valence-electron chi connectivity index (χ2n) is 5.16. The van der Waals surface area contributed by atoms with Gasteiger partial charge in [-0.25, -0.2) is 0 Å². The normalized spacial score (nSPS) is 21.8. The maximum atomic E-state index is 12.2. The van der Waals surface area contributed by atoms with E-state index in [4.69, 9.17) is 16.9 Å². The summed E-state index contributed by atoms with van der Waals surface area (Å²) >= 11 is 0. The predicted octanol–water partition coefficient (Wildman–Crippen LogP) is 2.20. The number of benzene rings is 1. The lowest BCUT2D eigenvalue weighted by molar-refractivity contribution is 0.0923. The number of ether oxygens (including phenoxy) is 1. The third kappa shape index (κ3) is 3.24. The first-order valence-electron chi connectivity index (χ1n) is 6.84. The highest BCUT2D eigenvalue weighted by molar-refractivity contribution is 5.95. The molecule has 1 aliphatic carbocycles. The second kappa shape index (κ2) is 6.33. The first kappa shape index (κ1) is 14.3. The molecule has 0 spiro atoms. The number of hydrogen-bond acceptors (Lipinski definition) is 3. The van der Waals surface area contributed by atoms with Crippen LogP contribution in [0.25, 0.3) is 0 Å². The zero-order valence-corrected chi connectivity index (χ0v) is 11.7. The van der Waals surface area contributed by atoms with E-state index in [2.05, 4.69) is 11.2 Å². The van der Waals surface area contributed by atoms with Gasteiger partial charge in [0.2, 0.25) is 0 Å². The largest absolute Gasteiger partial charge is 0.495 e. The molecule has 3 N–H and O–H groups in total. The minimum absolute atomic E-state index is 0.106. The van der Waals surface area contributed by atoms with Gasteiger partial charge < -0.3 is 15.8 Å². The molecule has 1 aliphatic rings. The maximum absolute atomic E-state index is 12.2. The molecule has 4 heteroatoms. The van der Waals surface area contributed by atoms with Crippen LogP contribution in [-0.2, 0) is 0 Å². The van der Waals surface area contributed by atoms with E-state index in [0.717, 1.165) is 25.7 Å². The van der Waals surface area contributed by atoms with Gasteiger partial charge in [-0.3, -0.25) is 4.79 Å². The number of hydrogen-bond donors (Lipinski definition) is 2. The molecule has 0 aliphatic heterocycles. The SMILES string of the molecule is C#C[C@H]1CCC[C@@H](NC(=O)c2ccc(N)c(OC)c2)C1. The molecule has 106 valence electrons. The Morgan fingerprint density at radius 1 is 1.50 bits per heavy atom. The van der Waals surface area contributed by atoms with Crippen molar-refractivity contribution in [1.29, 1.82) is 0 Å². The van der Waals surface area contributed by atoms with Gasteiger partial charge in [0.05, 0.1) is 12.8 Å². The van der Waals surface area contributed by atoms with Crippen molar-refractivity contribution in [2.45, 2.75) is 31.7 Å². The molecule has 0 saturated heterocycles. The Hall–Kier alpha value is -2.15. The lowest BCUT2D eigenvalue weighted by Crippen LogP contribution is -2.38. The van der Waals surface area contributed by atoms with Gasteiger partial charge in [0.15, 0.2) is 0 Å². The molecule has 4 nitrogen and oxygen atoms in total. The maximum Gasteiger partial charge on any atom is 0.251 e. The third-order valence-corrected chi connectivity index (χ3v) is 3.74. The molecular weight excluding hydrogens is 252 g/mol. The lowest BCUT2D eigenvalue weighted by Gasteiger charge is -2.27. The standard InChI is InChI=1S/C16H20N2O2/c1-3-11-5-4-6-13(9-11)18-16(19)12-7-8-14(17)15(10-12)20-2/h1,7-8,10-11,13H,4-6,9,17H2,2H3,(H,18,19)/t11-,13+/m0/s1. The van der Waals surface area contributed by atoms with Crippen LogP contribution in [-0.4, -0.2) is 19.1 Å². The summed E-state index contributed by atoms with van der Waals surface area (Å²) in [5.74, 6) is 3.47. The van der Waals surface area contributed by atoms with Crippen LogP contribution in [0.5, 0.6) is 5.75 Å². The smallest absolute Gasteiger partial charge is 0.251 e. The molecule has 2 rings (SSSR count). The molecular formula is C16H20N2O2. The molecule has 0 heterocycles. The van der Waals surface area contributed by atoms with Crippen LogP contribution in [0.3, 0.4) is 0 Å². The van der Waals surface area contributed by atoms with Gasteiger partial charge in [0, 0.05) is 17.5 Å². The Labute approximate surface area is 119 Å². The average Bonchev–Trinajstić information content (AvgIpc) is 2.47. The van der Waals surface area contributed by atoms with Crippen molar-refractivity contribution in [3.05, 3.63) is 23.8 Å². The van der Waals surface area contributed by atoms with Crippen molar-refractivity contribution in [2.75, 3.05) is 12.8 Å². The summed E-state index contributed by atoms with van der Waals surface area (Å²) in [4.78, 5) is 12.2. The Morgan fingerprint density at radius 2 is 2.30 bits per heavy atom. The summed E-state index contributed by atoms with van der Waals surface area (Å²) in [5, 5.41) is 3.04. The van der Waals surface area contributed by atoms with Crippen molar-refractivity contribution >= 4 is 11.6 Å². The fourth-order valence-electron chi connectivity index (χ4n) is 2.59. The Bertz CT molecular complexity index is 534. The van der Waals surface area contributed by atoms with E-state index in [1.807, 2.05) is 0 Å². The molecule has 2 atom stereocenters. The molecule has 1 aromatic carbocycles. The van der Waals surface area contributed by atoms with E-state index in [0.29, 0.717) is 17.0 Å². The quantitative estimate of drug-likeness (QED) is 0.655. The summed E-state index contributed by atoms with van der Waals surface area (Å²) < 4.78 is 5.13. The van der Waals surface area contributed by atoms with Gasteiger partial charge in [-0.15, -0.1) is 12.3 Å². The molecule has 1 saturated carbocycles. The molecule has 20 heavy (non-hydrogen) atoms. The van der Waals surface area contributed by atoms with Crippen molar-refractivity contribution in [3.8, 4) is 18.1 Å². The minimum Gasteiger partial charge on any atom is -0.495 e. The Balaban J connectivity index is 2.03. The van der Waals surface area contributed by atoms with Gasteiger partial charge in [-0.05, 0) is 37.5 Å². The first-order chi connectivity index (χ1) is 9.63. The van der Waals surface area contributed by atoms with Gasteiger partial charge in [0.25, 0.3) is 5.91 Å². The number of amides is 1. The van der Waals surface area contributed by atoms with E-state index < -0.39 is 0 Å². The fourth-order valence-corrected chi connectivity index (χ4v) is 2.59. The number of terminal acetylenes is 1. The highest BCUT2D eigenvalue weighted by Gasteiger charge is 2.22. The number of rotatable bonds is 3. The fraction of sp³-hybridized carbons (Fsp3) is 0.438. The molecule has 0 radical (unpaired) electrons. The van der Waals surface area contributed by atoms with E-state index in [1.165, 1.54) is 7.11 Å². The zero-order chi connectivity index (χ0) is 14.5. The topological polar surface area (TPSA) is 64.4 Å². The van der Waals surface area contributed by atoms with Crippen LogP contribution in [0.4, 0.5) is 5.69 Å². The van der Waals surface area contributed by atoms with Crippen LogP contribution < -0.4 is 15.8 Å². The average molecular weight is 272 g/mol. The zero-order valence-electron chi connectivity index (χ0n) is 11.7. The number of carbonyl (C=O) groups excluding carboxylic acids is 1. The van der Waals surface area contributed by atoms with Crippen LogP contribution in [0.15, 0.2) is 18.2 Å². The molecule has 1 amide bonds. The number of nitrogen functional groups attached to an aromatic ring is 1. The van der Waals surface area contributed by atoms with Gasteiger partial charge >= 0.3 is 0 Å². The summed E-state index contributed by atoms with van der Waals surface area (Å²) in [5.41, 5.74) is 6.82. The Kier molecular flexibility index (Phi) is 4.52. The number of anilines is 1. The van der Waals surface area contributed by atoms with E-state index in [-0.39, 0.29) is 17.9 Å². The molecule has 0 aromatic heterocycles. The van der Waals surface area contributed by atoms with E-state index >= 15 is 0 Å². The summed E-state index contributed by atoms with van der Waals surface area (Å²) in [7, 11) is 1.53. The summed E-state index contributed by atoms with van der Waals surface area (Å²) in [6.45, 7) is 0. The van der Waals surface area contributed by atoms with Crippen molar-refractivity contribution in [2.24, 2.45) is 5.92 Å². The van der Waals surface area contributed by atoms with Crippen molar-refractivity contribution in [1.82, 2.24) is 5.32 Å². The Morgan fingerprint density at radius 3 is 3.00 bits per heavy atom. The third-order valence-electron chi connectivity index (χ3n) is 3.74. The summed E-state index contributed by atoms with van der Waals surface area (Å²) in [6.07, 6.45) is 9.42. The molecule has 1 aromatic rings. The number of carbonyl (C=O) groups is 1. The number of nitrogens with one attached hydrogen (secondary N) is 1. The molecule has 0 unspecified atom stereocenters. The second-order valence-corrected chi connectivity index (χ2v) is 5.16. The monoisotopic (exact) mass is 272 g/mol. The number of nitrogens with two attached hydrogens (primary N) is 1. The van der Waals surface area contributed by atoms with Crippen molar-refractivity contribution in [3.63, 3.8) is 0 Å². The minimum atomic E-state index is -0.106.